The van der Waals surface area contributed by atoms with Crippen LogP contribution in [0.5, 0.6) is 0 Å². The summed E-state index contributed by atoms with van der Waals surface area (Å²) in [5.41, 5.74) is 4.29. The van der Waals surface area contributed by atoms with Gasteiger partial charge in [-0.15, -0.1) is 11.3 Å². The van der Waals surface area contributed by atoms with E-state index in [4.69, 9.17) is 27.9 Å². The van der Waals surface area contributed by atoms with Crippen LogP contribution in [-0.2, 0) is 21.6 Å². The molecule has 1 aliphatic carbocycles. The molecule has 0 bridgehead atoms. The fraction of sp³-hybridized carbons (Fsp3) is 0.129. The lowest BCUT2D eigenvalue weighted by Gasteiger charge is -2.12. The molecule has 2 heterocycles. The maximum atomic E-state index is 12.8. The van der Waals surface area contributed by atoms with Crippen LogP contribution in [-0.4, -0.2) is 22.2 Å². The Morgan fingerprint density at radius 1 is 0.900 bits per heavy atom. The first-order valence-corrected chi connectivity index (χ1v) is 14.1. The van der Waals surface area contributed by atoms with Crippen LogP contribution in [0.25, 0.3) is 31.8 Å². The number of anilines is 1. The number of aromatic nitrogens is 1. The van der Waals surface area contributed by atoms with Gasteiger partial charge in [-0.1, -0.05) is 89.9 Å². The first-order chi connectivity index (χ1) is 19.3. The van der Waals surface area contributed by atoms with Gasteiger partial charge in [0.2, 0.25) is 0 Å². The van der Waals surface area contributed by atoms with Crippen LogP contribution >= 0.6 is 34.5 Å². The van der Waals surface area contributed by atoms with Crippen LogP contribution in [0.1, 0.15) is 24.0 Å². The van der Waals surface area contributed by atoms with E-state index in [0.29, 0.717) is 39.1 Å². The van der Waals surface area contributed by atoms with Crippen LogP contribution in [0, 0.1) is 0 Å². The number of halogens is 2. The number of carbonyl (C=O) groups excluding carboxylic acids is 1. The van der Waals surface area contributed by atoms with Crippen molar-refractivity contribution in [3.05, 3.63) is 106 Å². The molecule has 2 N–H and O–H groups in total. The second kappa shape index (κ2) is 10.6. The average molecular weight is 590 g/mol. The number of carboxylic acids is 1. The molecule has 0 aliphatic heterocycles. The second-order valence-corrected chi connectivity index (χ2v) is 11.4. The lowest BCUT2D eigenvalue weighted by molar-refractivity contribution is -0.140. The third-order valence-electron chi connectivity index (χ3n) is 7.14. The number of hydrogen-bond acceptors (Lipinski definition) is 5. The summed E-state index contributed by atoms with van der Waals surface area (Å²) >= 11 is 13.8. The highest BCUT2D eigenvalue weighted by Crippen LogP contribution is 2.49. The number of benzene rings is 3. The number of ether oxygens (including phenoxy) is 1. The molecule has 200 valence electrons. The van der Waals surface area contributed by atoms with Crippen molar-refractivity contribution >= 4 is 62.5 Å². The lowest BCUT2D eigenvalue weighted by Crippen LogP contribution is -2.19. The van der Waals surface area contributed by atoms with Gasteiger partial charge >= 0.3 is 12.1 Å². The number of aliphatic carboxylic acids is 1. The summed E-state index contributed by atoms with van der Waals surface area (Å²) in [4.78, 5) is 30.4. The van der Waals surface area contributed by atoms with Crippen molar-refractivity contribution in [3.63, 3.8) is 0 Å². The van der Waals surface area contributed by atoms with Gasteiger partial charge in [0.25, 0.3) is 0 Å². The molecule has 1 amide bonds. The third-order valence-corrected chi connectivity index (χ3v) is 8.87. The number of amides is 1. The molecule has 0 saturated heterocycles. The molecule has 0 spiro atoms. The lowest BCUT2D eigenvalue weighted by atomic mass is 9.93. The summed E-state index contributed by atoms with van der Waals surface area (Å²) in [6.07, 6.45) is 0.743. The Balaban J connectivity index is 1.26. The van der Waals surface area contributed by atoms with Crippen molar-refractivity contribution in [1.29, 1.82) is 0 Å². The van der Waals surface area contributed by atoms with E-state index in [9.17, 15) is 14.7 Å². The molecule has 1 fully saturated rings. The maximum Gasteiger partial charge on any atom is 0.412 e. The van der Waals surface area contributed by atoms with Gasteiger partial charge in [-0.05, 0) is 53.3 Å². The van der Waals surface area contributed by atoms with Gasteiger partial charge in [-0.3, -0.25) is 10.1 Å². The smallest absolute Gasteiger partial charge is 0.412 e. The van der Waals surface area contributed by atoms with Gasteiger partial charge in [-0.25, -0.2) is 9.78 Å². The fourth-order valence-corrected chi connectivity index (χ4v) is 6.25. The van der Waals surface area contributed by atoms with Crippen molar-refractivity contribution in [2.75, 3.05) is 5.32 Å². The van der Waals surface area contributed by atoms with E-state index >= 15 is 0 Å². The van der Waals surface area contributed by atoms with E-state index < -0.39 is 17.5 Å². The van der Waals surface area contributed by atoms with Crippen LogP contribution in [0.15, 0.2) is 84.9 Å². The summed E-state index contributed by atoms with van der Waals surface area (Å²) in [6, 6.07) is 26.4. The SMILES string of the molecule is O=C(Nc1c(-c2ccc(-c3ccc(C4(C(=O)O)CC4)cc3)cc2)sc2nc(Cl)ccc12)OCc1ccccc1Cl. The number of pyridine rings is 1. The largest absolute Gasteiger partial charge is 0.481 e. The average Bonchev–Trinajstić information content (AvgIpc) is 3.71. The molecule has 6 rings (SSSR count). The number of hydrogen-bond donors (Lipinski definition) is 2. The molecule has 3 aromatic carbocycles. The Labute approximate surface area is 244 Å². The predicted octanol–water partition coefficient (Wildman–Crippen LogP) is 8.80. The van der Waals surface area contributed by atoms with Gasteiger partial charge in [-0.2, -0.15) is 0 Å². The van der Waals surface area contributed by atoms with E-state index in [0.717, 1.165) is 32.5 Å². The number of nitrogens with one attached hydrogen (secondary N) is 1. The van der Waals surface area contributed by atoms with E-state index in [-0.39, 0.29) is 6.61 Å². The molecule has 9 heteroatoms. The van der Waals surface area contributed by atoms with Gasteiger partial charge in [0.15, 0.2) is 0 Å². The summed E-state index contributed by atoms with van der Waals surface area (Å²) < 4.78 is 5.46. The first kappa shape index (κ1) is 26.3. The maximum absolute atomic E-state index is 12.8. The zero-order valence-electron chi connectivity index (χ0n) is 21.0. The Morgan fingerprint density at radius 2 is 1.55 bits per heavy atom. The van der Waals surface area contributed by atoms with Gasteiger partial charge in [0.05, 0.1) is 16.0 Å². The van der Waals surface area contributed by atoms with E-state index in [1.165, 1.54) is 11.3 Å². The van der Waals surface area contributed by atoms with E-state index in [1.807, 2.05) is 66.7 Å². The second-order valence-electron chi connectivity index (χ2n) is 9.63. The van der Waals surface area contributed by atoms with Crippen LogP contribution < -0.4 is 5.32 Å². The topological polar surface area (TPSA) is 88.5 Å². The number of thiophene rings is 1. The van der Waals surface area contributed by atoms with Crippen LogP contribution in [0.3, 0.4) is 0 Å². The van der Waals surface area contributed by atoms with Gasteiger partial charge in [0, 0.05) is 16.0 Å². The predicted molar refractivity (Wildman–Crippen MR) is 159 cm³/mol. The fourth-order valence-electron chi connectivity index (χ4n) is 4.73. The zero-order valence-corrected chi connectivity index (χ0v) is 23.3. The molecule has 6 nitrogen and oxygen atoms in total. The Morgan fingerprint density at radius 3 is 2.20 bits per heavy atom. The highest BCUT2D eigenvalue weighted by molar-refractivity contribution is 7.22. The minimum atomic E-state index is -0.763. The van der Waals surface area contributed by atoms with Gasteiger partial charge < -0.3 is 9.84 Å². The minimum Gasteiger partial charge on any atom is -0.481 e. The zero-order chi connectivity index (χ0) is 27.9. The summed E-state index contributed by atoms with van der Waals surface area (Å²) in [7, 11) is 0. The number of carboxylic acid groups (broad SMARTS) is 1. The monoisotopic (exact) mass is 588 g/mol. The number of carbonyl (C=O) groups is 2. The first-order valence-electron chi connectivity index (χ1n) is 12.5. The van der Waals surface area contributed by atoms with Crippen LogP contribution in [0.4, 0.5) is 10.5 Å². The highest BCUT2D eigenvalue weighted by atomic mass is 35.5. The van der Waals surface area contributed by atoms with Crippen molar-refractivity contribution < 1.29 is 19.4 Å². The number of fused-ring (bicyclic) bond motifs is 1. The van der Waals surface area contributed by atoms with Gasteiger partial charge in [0.1, 0.15) is 16.6 Å². The minimum absolute atomic E-state index is 0.0358. The van der Waals surface area contributed by atoms with Crippen molar-refractivity contribution in [3.8, 4) is 21.6 Å². The molecule has 0 unspecified atom stereocenters. The Hall–Kier alpha value is -3.91. The normalized spacial score (nSPS) is 13.7. The molecule has 5 aromatic rings. The summed E-state index contributed by atoms with van der Waals surface area (Å²) in [6.45, 7) is 0.0358. The van der Waals surface area contributed by atoms with Crippen LogP contribution in [0.2, 0.25) is 10.2 Å². The van der Waals surface area contributed by atoms with Crippen molar-refractivity contribution in [1.82, 2.24) is 4.98 Å². The summed E-state index contributed by atoms with van der Waals surface area (Å²) in [5, 5.41) is 14.1. The molecule has 0 radical (unpaired) electrons. The summed E-state index contributed by atoms with van der Waals surface area (Å²) in [5.74, 6) is -0.763. The standard InChI is InChI=1S/C31H22Cl2N2O4S/c32-24-4-2-1-3-21(24)17-39-30(38)35-26-23-13-14-25(33)34-28(23)40-27(26)20-7-5-18(6-8-20)19-9-11-22(12-10-19)31(15-16-31)29(36)37/h1-14H,15-17H2,(H,35,38)(H,36,37). The molecular formula is C31H22Cl2N2O4S. The highest BCUT2D eigenvalue weighted by Gasteiger charge is 2.51. The van der Waals surface area contributed by atoms with E-state index in [2.05, 4.69) is 10.3 Å². The molecular weight excluding hydrogens is 567 g/mol. The van der Waals surface area contributed by atoms with Crippen molar-refractivity contribution in [2.24, 2.45) is 0 Å². The van der Waals surface area contributed by atoms with Crippen molar-refractivity contribution in [2.45, 2.75) is 24.9 Å². The Bertz CT molecular complexity index is 1750. The number of rotatable bonds is 7. The molecule has 1 saturated carbocycles. The number of nitrogens with zero attached hydrogens (tertiary/aromatic N) is 1. The Kier molecular flexibility index (Phi) is 6.96. The molecule has 40 heavy (non-hydrogen) atoms. The van der Waals surface area contributed by atoms with E-state index in [1.54, 1.807) is 18.2 Å². The molecule has 1 aliphatic rings. The quantitative estimate of drug-likeness (QED) is 0.185. The third kappa shape index (κ3) is 5.04. The molecule has 2 aromatic heterocycles. The molecule has 0 atom stereocenters.